The number of amides is 4. The topological polar surface area (TPSA) is 500 Å². The molecule has 4 aromatic heterocycles. The van der Waals surface area contributed by atoms with E-state index in [1.54, 1.807) is 19.7 Å². The SMILES string of the molecule is CB(O)N1CCC(S(=O)(=O)N2CCN(c3ccc(Br)c(NC(=O)c4coc(N)n4)c3)CC2)CC1.CN1CCC(S(=O)(=O)N2CCN(c3ccc(Br)c(NC(=O)c4coc(N)n4)c3)CC2)CC1.Nc1nc(C(=O)Nc2cc(N3CCN(S(=O)(=O)C4CCNCC4)CC3)ccc2Br)co1.Nc1nc(C(=O)Nc2cc(N3CCNCC3)ccc2Br)co1. The van der Waals surface area contributed by atoms with Gasteiger partial charge in [0.05, 0.1) is 38.5 Å². The average Bonchev–Trinajstić information content (AvgIpc) is 1.33. The van der Waals surface area contributed by atoms with Crippen molar-refractivity contribution in [3.05, 3.63) is 139 Å². The summed E-state index contributed by atoms with van der Waals surface area (Å²) in [6.45, 7) is 15.8. The number of carbonyl (C=O) groups is 4. The highest BCUT2D eigenvalue weighted by Gasteiger charge is 2.40. The lowest BCUT2D eigenvalue weighted by atomic mass is 9.83. The van der Waals surface area contributed by atoms with Crippen molar-refractivity contribution in [1.29, 1.82) is 0 Å². The van der Waals surface area contributed by atoms with Gasteiger partial charge >= 0.3 is 7.05 Å². The molecule has 0 saturated carbocycles. The minimum absolute atomic E-state index is 0.0289. The Bertz CT molecular complexity index is 5190. The summed E-state index contributed by atoms with van der Waals surface area (Å²) in [5.74, 6) is -1.68. The van der Waals surface area contributed by atoms with E-state index < -0.39 is 60.1 Å². The number of anilines is 12. The highest BCUT2D eigenvalue weighted by molar-refractivity contribution is 9.11. The molecule has 15 N–H and O–H groups in total. The molecule has 7 fully saturated rings. The Hall–Kier alpha value is -8.49. The van der Waals surface area contributed by atoms with E-state index in [0.717, 1.165) is 84.1 Å². The molecule has 0 radical (unpaired) electrons. The number of nitrogens with one attached hydrogen (secondary N) is 6. The molecular weight excluding hydrogens is 1870 g/mol. The van der Waals surface area contributed by atoms with Crippen LogP contribution in [0.3, 0.4) is 0 Å². The van der Waals surface area contributed by atoms with Crippen LogP contribution in [0, 0.1) is 0 Å². The summed E-state index contributed by atoms with van der Waals surface area (Å²) in [6, 6.07) is 22.5. The van der Waals surface area contributed by atoms with Crippen molar-refractivity contribution in [2.45, 2.75) is 61.1 Å². The number of piperidine rings is 3. The van der Waals surface area contributed by atoms with Gasteiger partial charge in [0, 0.05) is 145 Å². The Balaban J connectivity index is 0.000000147. The number of rotatable bonds is 19. The number of sulfonamides is 3. The van der Waals surface area contributed by atoms with Gasteiger partial charge in [-0.25, -0.2) is 25.3 Å². The summed E-state index contributed by atoms with van der Waals surface area (Å²) in [5.41, 5.74) is 28.2. The predicted octanol–water partition coefficient (Wildman–Crippen LogP) is 6.27. The number of oxazole rings is 4. The van der Waals surface area contributed by atoms with Gasteiger partial charge < -0.3 is 107 Å². The van der Waals surface area contributed by atoms with Crippen molar-refractivity contribution in [2.75, 3.05) is 215 Å². The Morgan fingerprint density at radius 3 is 0.908 bits per heavy atom. The number of piperazine rings is 4. The summed E-state index contributed by atoms with van der Waals surface area (Å²) < 4.78 is 106. The van der Waals surface area contributed by atoms with Crippen molar-refractivity contribution >= 4 is 194 Å². The monoisotopic (exact) mass is 1960 g/mol. The van der Waals surface area contributed by atoms with Crippen LogP contribution in [0.1, 0.15) is 80.5 Å². The second kappa shape index (κ2) is 40.5. The van der Waals surface area contributed by atoms with E-state index in [-0.39, 0.29) is 63.2 Å². The Morgan fingerprint density at radius 1 is 0.395 bits per heavy atom. The van der Waals surface area contributed by atoms with Gasteiger partial charge in [-0.2, -0.15) is 32.9 Å². The van der Waals surface area contributed by atoms with Crippen molar-refractivity contribution in [3.8, 4) is 0 Å². The molecule has 0 unspecified atom stereocenters. The number of nitrogens with two attached hydrogens (primary N) is 4. The number of hydrogen-bond donors (Lipinski definition) is 11. The molecule has 8 aromatic rings. The predicted molar refractivity (Wildman–Crippen MR) is 470 cm³/mol. The Kier molecular flexibility index (Phi) is 30.5. The molecule has 15 rings (SSSR count). The first kappa shape index (κ1) is 89.8. The van der Waals surface area contributed by atoms with Crippen LogP contribution >= 0.6 is 63.7 Å². The van der Waals surface area contributed by atoms with Crippen LogP contribution in [0.4, 0.5) is 69.6 Å². The number of aromatic nitrogens is 4. The molecule has 0 atom stereocenters. The van der Waals surface area contributed by atoms with E-state index in [2.05, 4.69) is 140 Å². The maximum Gasteiger partial charge on any atom is 0.376 e. The zero-order valence-electron chi connectivity index (χ0n) is 65.4. The molecule has 0 aliphatic carbocycles. The van der Waals surface area contributed by atoms with Gasteiger partial charge in [0.1, 0.15) is 25.1 Å². The molecule has 642 valence electrons. The first-order valence-corrected chi connectivity index (χ1v) is 46.3. The van der Waals surface area contributed by atoms with Crippen LogP contribution < -0.4 is 74.4 Å². The molecule has 4 amide bonds. The van der Waals surface area contributed by atoms with Crippen molar-refractivity contribution in [1.82, 2.24) is 53.2 Å². The van der Waals surface area contributed by atoms with Crippen LogP contribution in [-0.4, -0.2) is 270 Å². The van der Waals surface area contributed by atoms with Crippen LogP contribution in [0.25, 0.3) is 0 Å². The van der Waals surface area contributed by atoms with Crippen molar-refractivity contribution < 1.29 is 67.1 Å². The van der Waals surface area contributed by atoms with Crippen LogP contribution in [0.2, 0.25) is 6.82 Å². The van der Waals surface area contributed by atoms with Crippen LogP contribution in [-0.2, 0) is 30.1 Å². The molecule has 46 heteroatoms. The number of nitrogens with zero attached hydrogens (tertiary/aromatic N) is 13. The maximum atomic E-state index is 13.2. The van der Waals surface area contributed by atoms with Crippen molar-refractivity contribution in [2.24, 2.45) is 0 Å². The molecular formula is C73H96BBr4N23O15S3. The summed E-state index contributed by atoms with van der Waals surface area (Å²) in [6.07, 6.45) is 8.58. The first-order chi connectivity index (χ1) is 56.9. The van der Waals surface area contributed by atoms with E-state index >= 15 is 0 Å². The normalized spacial score (nSPS) is 18.2. The molecule has 0 bridgehead atoms. The quantitative estimate of drug-likeness (QED) is 0.0397. The smallest absolute Gasteiger partial charge is 0.376 e. The van der Waals surface area contributed by atoms with E-state index in [9.17, 15) is 49.5 Å². The number of benzene rings is 4. The van der Waals surface area contributed by atoms with Gasteiger partial charge in [-0.3, -0.25) is 19.2 Å². The molecule has 7 saturated heterocycles. The molecule has 0 spiro atoms. The highest BCUT2D eigenvalue weighted by Crippen LogP contribution is 2.36. The van der Waals surface area contributed by atoms with Gasteiger partial charge in [-0.1, -0.05) is 0 Å². The van der Waals surface area contributed by atoms with Gasteiger partial charge in [0.25, 0.3) is 47.7 Å². The molecule has 7 aliphatic heterocycles. The lowest BCUT2D eigenvalue weighted by Crippen LogP contribution is -2.53. The van der Waals surface area contributed by atoms with E-state index in [4.69, 9.17) is 40.6 Å². The fraction of sp³-hybridized carbons (Fsp3) is 0.452. The Labute approximate surface area is 723 Å². The van der Waals surface area contributed by atoms with Crippen molar-refractivity contribution in [3.63, 3.8) is 0 Å². The molecule has 119 heavy (non-hydrogen) atoms. The zero-order valence-corrected chi connectivity index (χ0v) is 74.2. The fourth-order valence-electron chi connectivity index (χ4n) is 14.6. The maximum absolute atomic E-state index is 13.2. The zero-order chi connectivity index (χ0) is 84.9. The lowest BCUT2D eigenvalue weighted by Gasteiger charge is -2.39. The van der Waals surface area contributed by atoms with Gasteiger partial charge in [-0.05, 0) is 228 Å². The third-order valence-electron chi connectivity index (χ3n) is 21.4. The minimum atomic E-state index is -3.39. The van der Waals surface area contributed by atoms with Gasteiger partial charge in [0.15, 0.2) is 22.8 Å². The van der Waals surface area contributed by atoms with E-state index in [0.29, 0.717) is 162 Å². The van der Waals surface area contributed by atoms with Crippen LogP contribution in [0.15, 0.2) is 133 Å². The molecule has 4 aromatic carbocycles. The fourth-order valence-corrected chi connectivity index (χ4v) is 21.7. The molecule has 7 aliphatic rings. The molecule has 38 nitrogen and oxygen atoms in total. The summed E-state index contributed by atoms with van der Waals surface area (Å²) in [5, 5.41) is 26.5. The summed E-state index contributed by atoms with van der Waals surface area (Å²) >= 11 is 13.8. The lowest BCUT2D eigenvalue weighted by molar-refractivity contribution is 0.101. The van der Waals surface area contributed by atoms with Crippen LogP contribution in [0.5, 0.6) is 0 Å². The summed E-state index contributed by atoms with van der Waals surface area (Å²) in [7, 11) is -8.48. The van der Waals surface area contributed by atoms with Gasteiger partial charge in [-0.15, -0.1) is 0 Å². The number of hydrogen-bond acceptors (Lipinski definition) is 31. The third kappa shape index (κ3) is 23.2. The van der Waals surface area contributed by atoms with E-state index in [1.807, 2.05) is 84.7 Å². The van der Waals surface area contributed by atoms with Gasteiger partial charge in [0.2, 0.25) is 30.1 Å². The third-order valence-corrected chi connectivity index (χ3v) is 31.4. The summed E-state index contributed by atoms with van der Waals surface area (Å²) in [4.78, 5) is 77.3. The average molecular weight is 1960 g/mol. The molecule has 11 heterocycles. The largest absolute Gasteiger partial charge is 0.437 e. The Morgan fingerprint density at radius 2 is 0.647 bits per heavy atom. The number of halogens is 4. The number of likely N-dealkylation sites (tertiary alicyclic amines) is 1. The number of carbonyl (C=O) groups excluding carboxylic acids is 4. The second-order valence-corrected chi connectivity index (χ2v) is 39.2. The highest BCUT2D eigenvalue weighted by atomic mass is 79.9. The van der Waals surface area contributed by atoms with E-state index in [1.165, 1.54) is 25.1 Å². The first-order valence-electron chi connectivity index (χ1n) is 38.6. The number of nitrogen functional groups attached to an aromatic ring is 4. The second-order valence-electron chi connectivity index (χ2n) is 29.1. The minimum Gasteiger partial charge on any atom is -0.437 e. The standard InChI is InChI=1S/C20H28BBrN6O5S.C20H27BrN6O4S.C19H25BrN6O4S.C14H16BrN5O2/c1-21(30)27-6-4-15(5-7-27)34(31,32)28-10-8-26(9-11-28)14-2-3-16(22)17(12-14)24-19(29)18-13-33-20(23)25-18;1-25-6-4-15(5-7-25)32(29,30)27-10-8-26(9-11-27)14-2-3-16(21)17(12-14)23-19(28)18-13-31-20(22)24-18;20-15-2-1-13(11-16(15)23-18(27)17-12-30-19(21)24-17)25-7-9-26(10-8-25)31(28,29)14-3-5-22-6-4-14;15-10-2-1-9(20-5-3-17-4-6-20)7-11(10)18-13(21)12-8-22-14(16)19-12/h2-3,12-13,15,30H,4-11H2,1H3,(H2,23,25)(H,24,29);2-3,12-13,15H,4-11H2,1H3,(H2,22,24)(H,23,28);1-2,11-12,14,22H,3-10H2,(H2,21,24)(H,23,27);1-2,7-8,17H,3-6H2,(H2,16,19)(H,18,21).